The van der Waals surface area contributed by atoms with Gasteiger partial charge in [-0.25, -0.2) is 0 Å². The van der Waals surface area contributed by atoms with Crippen molar-refractivity contribution in [2.75, 3.05) is 5.32 Å². The van der Waals surface area contributed by atoms with Gasteiger partial charge in [0.25, 0.3) is 5.69 Å². The van der Waals surface area contributed by atoms with Crippen LogP contribution in [0, 0.1) is 10.1 Å². The molecule has 0 aromatic heterocycles. The Labute approximate surface area is 127 Å². The van der Waals surface area contributed by atoms with Gasteiger partial charge in [0, 0.05) is 23.6 Å². The number of primary amides is 1. The number of nitro groups is 1. The fourth-order valence-electron chi connectivity index (χ4n) is 2.58. The summed E-state index contributed by atoms with van der Waals surface area (Å²) in [5.74, 6) is -0.320. The van der Waals surface area contributed by atoms with Gasteiger partial charge >= 0.3 is 0 Å². The Balaban J connectivity index is 1.79. The zero-order chi connectivity index (χ0) is 15.7. The van der Waals surface area contributed by atoms with Gasteiger partial charge in [-0.2, -0.15) is 0 Å². The first-order chi connectivity index (χ1) is 10.6. The van der Waals surface area contributed by atoms with Crippen molar-refractivity contribution in [1.29, 1.82) is 0 Å². The van der Waals surface area contributed by atoms with E-state index in [2.05, 4.69) is 17.4 Å². The normalized spacial score (nSPS) is 19.5. The summed E-state index contributed by atoms with van der Waals surface area (Å²) < 4.78 is 0. The van der Waals surface area contributed by atoms with Gasteiger partial charge in [0.1, 0.15) is 5.69 Å². The molecule has 112 valence electrons. The maximum Gasteiger partial charge on any atom is 0.293 e. The Bertz CT molecular complexity index is 731. The summed E-state index contributed by atoms with van der Waals surface area (Å²) in [6.07, 6.45) is 0.929. The topological polar surface area (TPSA) is 98.3 Å². The van der Waals surface area contributed by atoms with Crippen molar-refractivity contribution in [1.82, 2.24) is 0 Å². The molecular formula is C16H15N3O3. The van der Waals surface area contributed by atoms with Gasteiger partial charge in [-0.05, 0) is 24.1 Å². The quantitative estimate of drug-likeness (QED) is 0.654. The molecular weight excluding hydrogens is 282 g/mol. The van der Waals surface area contributed by atoms with Crippen molar-refractivity contribution in [2.45, 2.75) is 18.4 Å². The SMILES string of the molecule is NC(=O)c1ccc(N[C@@H]2C[C@H]2c2ccccc2)c([N+](=O)[O-])c1. The highest BCUT2D eigenvalue weighted by Gasteiger charge is 2.39. The monoisotopic (exact) mass is 297 g/mol. The molecule has 2 aromatic carbocycles. The molecule has 0 heterocycles. The molecule has 1 aliphatic carbocycles. The lowest BCUT2D eigenvalue weighted by Gasteiger charge is -2.08. The van der Waals surface area contributed by atoms with E-state index in [4.69, 9.17) is 5.73 Å². The molecule has 1 saturated carbocycles. The van der Waals surface area contributed by atoms with E-state index in [0.29, 0.717) is 11.6 Å². The number of benzene rings is 2. The van der Waals surface area contributed by atoms with E-state index in [-0.39, 0.29) is 17.3 Å². The Morgan fingerprint density at radius 3 is 2.59 bits per heavy atom. The van der Waals surface area contributed by atoms with Crippen LogP contribution in [0.25, 0.3) is 0 Å². The maximum absolute atomic E-state index is 11.2. The standard InChI is InChI=1S/C16H15N3O3/c17-16(20)11-6-7-13(15(8-11)19(21)22)18-14-9-12(14)10-4-2-1-3-5-10/h1-8,12,14,18H,9H2,(H2,17,20)/t12-,14+/m0/s1. The third kappa shape index (κ3) is 2.76. The minimum atomic E-state index is -0.678. The van der Waals surface area contributed by atoms with Crippen molar-refractivity contribution in [3.8, 4) is 0 Å². The smallest absolute Gasteiger partial charge is 0.293 e. The average Bonchev–Trinajstić information content (AvgIpc) is 3.27. The summed E-state index contributed by atoms with van der Waals surface area (Å²) in [5, 5.41) is 14.4. The van der Waals surface area contributed by atoms with Gasteiger partial charge in [0.2, 0.25) is 5.91 Å². The highest BCUT2D eigenvalue weighted by Crippen LogP contribution is 2.43. The van der Waals surface area contributed by atoms with Gasteiger partial charge in [-0.3, -0.25) is 14.9 Å². The van der Waals surface area contributed by atoms with E-state index in [1.165, 1.54) is 17.7 Å². The van der Waals surface area contributed by atoms with Crippen molar-refractivity contribution in [2.24, 2.45) is 5.73 Å². The summed E-state index contributed by atoms with van der Waals surface area (Å²) >= 11 is 0. The lowest BCUT2D eigenvalue weighted by Crippen LogP contribution is -2.12. The molecule has 0 aliphatic heterocycles. The molecule has 2 atom stereocenters. The van der Waals surface area contributed by atoms with E-state index in [1.54, 1.807) is 6.07 Å². The molecule has 0 bridgehead atoms. The van der Waals surface area contributed by atoms with Crippen molar-refractivity contribution < 1.29 is 9.72 Å². The first-order valence-corrected chi connectivity index (χ1v) is 6.96. The van der Waals surface area contributed by atoms with Crippen molar-refractivity contribution in [3.63, 3.8) is 0 Å². The predicted molar refractivity (Wildman–Crippen MR) is 82.8 cm³/mol. The molecule has 22 heavy (non-hydrogen) atoms. The number of anilines is 1. The van der Waals surface area contributed by atoms with Crippen LogP contribution in [0.5, 0.6) is 0 Å². The number of carbonyl (C=O) groups is 1. The summed E-state index contributed by atoms with van der Waals surface area (Å²) in [7, 11) is 0. The van der Waals surface area contributed by atoms with Crippen LogP contribution in [-0.2, 0) is 0 Å². The molecule has 0 spiro atoms. The average molecular weight is 297 g/mol. The number of hydrogen-bond donors (Lipinski definition) is 2. The molecule has 6 nitrogen and oxygen atoms in total. The number of rotatable bonds is 5. The predicted octanol–water partition coefficient (Wildman–Crippen LogP) is 2.66. The largest absolute Gasteiger partial charge is 0.376 e. The summed E-state index contributed by atoms with van der Waals surface area (Å²) in [4.78, 5) is 21.8. The van der Waals surface area contributed by atoms with Crippen LogP contribution in [0.2, 0.25) is 0 Å². The number of nitrogens with two attached hydrogens (primary N) is 1. The van der Waals surface area contributed by atoms with Crippen LogP contribution in [0.4, 0.5) is 11.4 Å². The number of amides is 1. The second-order valence-corrected chi connectivity index (χ2v) is 5.36. The number of nitrogens with zero attached hydrogens (tertiary/aromatic N) is 1. The fourth-order valence-corrected chi connectivity index (χ4v) is 2.58. The van der Waals surface area contributed by atoms with Crippen molar-refractivity contribution >= 4 is 17.3 Å². The highest BCUT2D eigenvalue weighted by molar-refractivity contribution is 5.94. The number of hydrogen-bond acceptors (Lipinski definition) is 4. The van der Waals surface area contributed by atoms with E-state index in [1.807, 2.05) is 18.2 Å². The third-order valence-electron chi connectivity index (χ3n) is 3.84. The zero-order valence-electron chi connectivity index (χ0n) is 11.7. The first kappa shape index (κ1) is 14.1. The lowest BCUT2D eigenvalue weighted by molar-refractivity contribution is -0.384. The molecule has 3 rings (SSSR count). The molecule has 6 heteroatoms. The van der Waals surface area contributed by atoms with E-state index in [9.17, 15) is 14.9 Å². The molecule has 0 unspecified atom stereocenters. The summed E-state index contributed by atoms with van der Waals surface area (Å²) in [6.45, 7) is 0. The molecule has 0 saturated heterocycles. The Hall–Kier alpha value is -2.89. The third-order valence-corrected chi connectivity index (χ3v) is 3.84. The zero-order valence-corrected chi connectivity index (χ0v) is 11.7. The van der Waals surface area contributed by atoms with Crippen LogP contribution in [-0.4, -0.2) is 16.9 Å². The highest BCUT2D eigenvalue weighted by atomic mass is 16.6. The van der Waals surface area contributed by atoms with Crippen molar-refractivity contribution in [3.05, 3.63) is 69.8 Å². The fraction of sp³-hybridized carbons (Fsp3) is 0.188. The minimum Gasteiger partial charge on any atom is -0.376 e. The Kier molecular flexibility index (Phi) is 3.50. The molecule has 3 N–H and O–H groups in total. The van der Waals surface area contributed by atoms with E-state index >= 15 is 0 Å². The molecule has 1 aliphatic rings. The second kappa shape index (κ2) is 5.48. The molecule has 1 fully saturated rings. The number of nitro benzene ring substituents is 1. The Morgan fingerprint density at radius 2 is 1.95 bits per heavy atom. The van der Waals surface area contributed by atoms with Crippen LogP contribution in [0.1, 0.15) is 28.3 Å². The maximum atomic E-state index is 11.2. The van der Waals surface area contributed by atoms with Crippen LogP contribution in [0.15, 0.2) is 48.5 Å². The number of nitrogens with one attached hydrogen (secondary N) is 1. The molecule has 1 amide bonds. The molecule has 0 radical (unpaired) electrons. The molecule has 2 aromatic rings. The van der Waals surface area contributed by atoms with Gasteiger partial charge in [0.05, 0.1) is 4.92 Å². The van der Waals surface area contributed by atoms with Gasteiger partial charge in [-0.15, -0.1) is 0 Å². The van der Waals surface area contributed by atoms with Gasteiger partial charge in [0.15, 0.2) is 0 Å². The summed E-state index contributed by atoms with van der Waals surface area (Å²) in [6, 6.07) is 14.4. The minimum absolute atomic E-state index is 0.130. The van der Waals surface area contributed by atoms with Crippen LogP contribution in [0.3, 0.4) is 0 Å². The van der Waals surface area contributed by atoms with Gasteiger partial charge < -0.3 is 11.1 Å². The number of carbonyl (C=O) groups excluding carboxylic acids is 1. The second-order valence-electron chi connectivity index (χ2n) is 5.36. The van der Waals surface area contributed by atoms with E-state index < -0.39 is 10.8 Å². The lowest BCUT2D eigenvalue weighted by atomic mass is 10.1. The first-order valence-electron chi connectivity index (χ1n) is 6.96. The van der Waals surface area contributed by atoms with E-state index in [0.717, 1.165) is 6.42 Å². The summed E-state index contributed by atoms with van der Waals surface area (Å²) in [5.41, 5.74) is 6.80. The van der Waals surface area contributed by atoms with Gasteiger partial charge in [-0.1, -0.05) is 30.3 Å². The van der Waals surface area contributed by atoms with Crippen LogP contribution >= 0.6 is 0 Å². The van der Waals surface area contributed by atoms with Crippen LogP contribution < -0.4 is 11.1 Å². The Morgan fingerprint density at radius 1 is 1.23 bits per heavy atom.